The van der Waals surface area contributed by atoms with Crippen LogP contribution in [0.15, 0.2) is 30.3 Å². The molecule has 0 saturated carbocycles. The first kappa shape index (κ1) is 16.2. The zero-order valence-electron chi connectivity index (χ0n) is 11.6. The average Bonchev–Trinajstić information content (AvgIpc) is 2.45. The summed E-state index contributed by atoms with van der Waals surface area (Å²) in [6.45, 7) is 0.667. The van der Waals surface area contributed by atoms with Gasteiger partial charge in [-0.25, -0.2) is 0 Å². The Balaban J connectivity index is 2.19. The van der Waals surface area contributed by atoms with E-state index in [1.54, 1.807) is 0 Å². The van der Waals surface area contributed by atoms with Crippen LogP contribution in [0.2, 0.25) is 0 Å². The highest BCUT2D eigenvalue weighted by Crippen LogP contribution is 2.36. The van der Waals surface area contributed by atoms with Gasteiger partial charge in [0.1, 0.15) is 0 Å². The Labute approximate surface area is 128 Å². The molecule has 116 valence electrons. The van der Waals surface area contributed by atoms with Gasteiger partial charge in [-0.1, -0.05) is 42.5 Å². The lowest BCUT2D eigenvalue weighted by Gasteiger charge is -2.39. The van der Waals surface area contributed by atoms with Crippen molar-refractivity contribution in [1.29, 1.82) is 0 Å². The van der Waals surface area contributed by atoms with Gasteiger partial charge in [0.15, 0.2) is 0 Å². The normalized spacial score (nSPS) is 22.0. The van der Waals surface area contributed by atoms with Crippen LogP contribution in [-0.2, 0) is 0 Å². The van der Waals surface area contributed by atoms with Gasteiger partial charge in [0.05, 0.1) is 10.9 Å². The van der Waals surface area contributed by atoms with Gasteiger partial charge in [-0.05, 0) is 24.9 Å². The summed E-state index contributed by atoms with van der Waals surface area (Å²) in [5, 5.41) is 0. The molecule has 0 radical (unpaired) electrons. The minimum absolute atomic E-state index is 0.0195. The van der Waals surface area contributed by atoms with Crippen molar-refractivity contribution in [3.8, 4) is 0 Å². The Hall–Kier alpha value is -1.14. The molecule has 0 amide bonds. The molecular weight excluding hydrogens is 297 g/mol. The third kappa shape index (κ3) is 4.41. The van der Waals surface area contributed by atoms with Crippen LogP contribution in [-0.4, -0.2) is 29.2 Å². The molecule has 1 saturated heterocycles. The number of likely N-dealkylation sites (tertiary alicyclic amines) is 1. The molecule has 0 bridgehead atoms. The molecule has 1 fully saturated rings. The Morgan fingerprint density at radius 3 is 2.57 bits per heavy atom. The zero-order valence-corrected chi connectivity index (χ0v) is 12.5. The van der Waals surface area contributed by atoms with Crippen molar-refractivity contribution in [2.24, 2.45) is 11.7 Å². The number of alkyl halides is 3. The molecule has 1 aliphatic heterocycles. The van der Waals surface area contributed by atoms with Crippen LogP contribution >= 0.6 is 12.2 Å². The van der Waals surface area contributed by atoms with Crippen molar-refractivity contribution in [3.63, 3.8) is 0 Å². The molecule has 6 heteroatoms. The van der Waals surface area contributed by atoms with E-state index in [0.717, 1.165) is 5.56 Å². The Kier molecular flexibility index (Phi) is 5.22. The summed E-state index contributed by atoms with van der Waals surface area (Å²) >= 11 is 4.97. The van der Waals surface area contributed by atoms with E-state index in [0.29, 0.717) is 24.4 Å². The van der Waals surface area contributed by atoms with E-state index in [4.69, 9.17) is 18.0 Å². The number of halogens is 3. The molecule has 2 atom stereocenters. The van der Waals surface area contributed by atoms with E-state index in [1.807, 2.05) is 35.2 Å². The second-order valence-electron chi connectivity index (χ2n) is 5.47. The highest BCUT2D eigenvalue weighted by Gasteiger charge is 2.43. The fourth-order valence-corrected chi connectivity index (χ4v) is 3.04. The van der Waals surface area contributed by atoms with Gasteiger partial charge in [-0.15, -0.1) is 0 Å². The first-order valence-electron chi connectivity index (χ1n) is 7.02. The first-order valence-corrected chi connectivity index (χ1v) is 7.42. The number of rotatable bonds is 4. The second kappa shape index (κ2) is 6.75. The van der Waals surface area contributed by atoms with Crippen molar-refractivity contribution < 1.29 is 13.2 Å². The molecule has 2 rings (SSSR count). The van der Waals surface area contributed by atoms with Gasteiger partial charge in [-0.3, -0.25) is 4.90 Å². The zero-order chi connectivity index (χ0) is 15.5. The van der Waals surface area contributed by atoms with Crippen molar-refractivity contribution in [1.82, 2.24) is 4.90 Å². The summed E-state index contributed by atoms with van der Waals surface area (Å²) in [5.41, 5.74) is 6.61. The first-order chi connectivity index (χ1) is 9.88. The Morgan fingerprint density at radius 2 is 2.00 bits per heavy atom. The van der Waals surface area contributed by atoms with Crippen molar-refractivity contribution in [2.75, 3.05) is 13.1 Å². The van der Waals surface area contributed by atoms with Crippen LogP contribution in [0.3, 0.4) is 0 Å². The topological polar surface area (TPSA) is 29.3 Å². The molecule has 1 heterocycles. The number of nitrogens with two attached hydrogens (primary N) is 1. The number of piperidine rings is 1. The smallest absolute Gasteiger partial charge is 0.393 e. The number of hydrogen-bond donors (Lipinski definition) is 1. The standard InChI is InChI=1S/C15H19F3N2S/c16-15(17,18)12-7-4-8-20(10-12)13(9-14(19)21)11-5-2-1-3-6-11/h1-3,5-6,12-13H,4,7-10H2,(H2,19,21). The lowest BCUT2D eigenvalue weighted by atomic mass is 9.93. The van der Waals surface area contributed by atoms with E-state index in [9.17, 15) is 13.2 Å². The van der Waals surface area contributed by atoms with E-state index < -0.39 is 12.1 Å². The maximum absolute atomic E-state index is 13.0. The second-order valence-corrected chi connectivity index (χ2v) is 6.00. The highest BCUT2D eigenvalue weighted by atomic mass is 32.1. The summed E-state index contributed by atoms with van der Waals surface area (Å²) < 4.78 is 38.9. The quantitative estimate of drug-likeness (QED) is 0.859. The monoisotopic (exact) mass is 316 g/mol. The van der Waals surface area contributed by atoms with Gasteiger partial charge < -0.3 is 5.73 Å². The van der Waals surface area contributed by atoms with Crippen molar-refractivity contribution in [2.45, 2.75) is 31.5 Å². The number of benzene rings is 1. The molecule has 0 aromatic heterocycles. The van der Waals surface area contributed by atoms with Gasteiger partial charge in [-0.2, -0.15) is 13.2 Å². The fourth-order valence-electron chi connectivity index (χ4n) is 2.88. The minimum atomic E-state index is -4.14. The van der Waals surface area contributed by atoms with E-state index in [2.05, 4.69) is 0 Å². The molecule has 1 aliphatic rings. The third-order valence-corrected chi connectivity index (χ3v) is 4.10. The summed E-state index contributed by atoms with van der Waals surface area (Å²) in [5.74, 6) is -1.26. The molecule has 0 spiro atoms. The van der Waals surface area contributed by atoms with Gasteiger partial charge >= 0.3 is 6.18 Å². The van der Waals surface area contributed by atoms with Crippen LogP contribution in [0.1, 0.15) is 30.9 Å². The third-order valence-electron chi connectivity index (χ3n) is 3.94. The van der Waals surface area contributed by atoms with Gasteiger partial charge in [0, 0.05) is 19.0 Å². The summed E-state index contributed by atoms with van der Waals surface area (Å²) in [7, 11) is 0. The van der Waals surface area contributed by atoms with Crippen LogP contribution in [0.25, 0.3) is 0 Å². The molecule has 0 aliphatic carbocycles. The summed E-state index contributed by atoms with van der Waals surface area (Å²) in [6.07, 6.45) is -2.98. The lowest BCUT2D eigenvalue weighted by Crippen LogP contribution is -2.44. The average molecular weight is 316 g/mol. The van der Waals surface area contributed by atoms with E-state index in [1.165, 1.54) is 0 Å². The maximum atomic E-state index is 13.0. The van der Waals surface area contributed by atoms with Crippen molar-refractivity contribution >= 4 is 17.2 Å². The number of nitrogens with zero attached hydrogens (tertiary/aromatic N) is 1. The molecule has 1 aromatic rings. The number of hydrogen-bond acceptors (Lipinski definition) is 2. The molecule has 2 nitrogen and oxygen atoms in total. The molecular formula is C15H19F3N2S. The molecule has 21 heavy (non-hydrogen) atoms. The predicted octanol–water partition coefficient (Wildman–Crippen LogP) is 3.68. The largest absolute Gasteiger partial charge is 0.393 e. The summed E-state index contributed by atoms with van der Waals surface area (Å²) in [6, 6.07) is 9.31. The lowest BCUT2D eigenvalue weighted by molar-refractivity contribution is -0.188. The van der Waals surface area contributed by atoms with E-state index in [-0.39, 0.29) is 19.0 Å². The van der Waals surface area contributed by atoms with Crippen LogP contribution in [0.5, 0.6) is 0 Å². The van der Waals surface area contributed by atoms with Crippen LogP contribution in [0, 0.1) is 5.92 Å². The Bertz CT molecular complexity index is 476. The van der Waals surface area contributed by atoms with Crippen LogP contribution < -0.4 is 5.73 Å². The predicted molar refractivity (Wildman–Crippen MR) is 80.9 cm³/mol. The van der Waals surface area contributed by atoms with Crippen LogP contribution in [0.4, 0.5) is 13.2 Å². The maximum Gasteiger partial charge on any atom is 0.393 e. The molecule has 2 N–H and O–H groups in total. The molecule has 2 unspecified atom stereocenters. The highest BCUT2D eigenvalue weighted by molar-refractivity contribution is 7.80. The fraction of sp³-hybridized carbons (Fsp3) is 0.533. The van der Waals surface area contributed by atoms with Crippen molar-refractivity contribution in [3.05, 3.63) is 35.9 Å². The number of thiocarbonyl (C=S) groups is 1. The van der Waals surface area contributed by atoms with Gasteiger partial charge in [0.25, 0.3) is 0 Å². The summed E-state index contributed by atoms with van der Waals surface area (Å²) in [4.78, 5) is 2.20. The van der Waals surface area contributed by atoms with Gasteiger partial charge in [0.2, 0.25) is 0 Å². The SMILES string of the molecule is NC(=S)CC(c1ccccc1)N1CCCC(C(F)(F)F)C1. The minimum Gasteiger partial charge on any atom is -0.393 e. The Morgan fingerprint density at radius 1 is 1.33 bits per heavy atom. The van der Waals surface area contributed by atoms with E-state index >= 15 is 0 Å². The molecule has 1 aromatic carbocycles.